The first-order valence-corrected chi connectivity index (χ1v) is 10.7. The zero-order chi connectivity index (χ0) is 20.0. The lowest BCUT2D eigenvalue weighted by Gasteiger charge is -2.56. The van der Waals surface area contributed by atoms with E-state index in [0.717, 1.165) is 37.0 Å². The van der Waals surface area contributed by atoms with E-state index in [-0.39, 0.29) is 23.9 Å². The number of anilines is 1. The quantitative estimate of drug-likeness (QED) is 0.717. The summed E-state index contributed by atoms with van der Waals surface area (Å²) >= 11 is 0. The first-order valence-electron chi connectivity index (χ1n) is 10.7. The monoisotopic (exact) mass is 396 g/mol. The van der Waals surface area contributed by atoms with Gasteiger partial charge in [-0.25, -0.2) is 9.78 Å². The minimum absolute atomic E-state index is 0.00771. The first-order chi connectivity index (χ1) is 14.0. The van der Waals surface area contributed by atoms with Crippen molar-refractivity contribution < 1.29 is 14.0 Å². The van der Waals surface area contributed by atoms with Gasteiger partial charge in [-0.15, -0.1) is 0 Å². The van der Waals surface area contributed by atoms with Gasteiger partial charge in [-0.3, -0.25) is 4.79 Å². The fourth-order valence-electron chi connectivity index (χ4n) is 6.18. The van der Waals surface area contributed by atoms with Gasteiger partial charge in [0, 0.05) is 31.1 Å². The molecule has 4 fully saturated rings. The highest BCUT2D eigenvalue weighted by atomic mass is 16.3. The summed E-state index contributed by atoms with van der Waals surface area (Å²) in [4.78, 5) is 28.9. The van der Waals surface area contributed by atoms with Crippen molar-refractivity contribution in [2.24, 2.45) is 17.8 Å². The molecule has 3 N–H and O–H groups in total. The normalized spacial score (nSPS) is 29.8. The van der Waals surface area contributed by atoms with Crippen LogP contribution in [0.25, 0.3) is 11.1 Å². The fraction of sp³-hybridized carbons (Fsp3) is 0.591. The van der Waals surface area contributed by atoms with Crippen LogP contribution in [0.4, 0.5) is 10.5 Å². The summed E-state index contributed by atoms with van der Waals surface area (Å²) in [5, 5.41) is 8.99. The highest BCUT2D eigenvalue weighted by molar-refractivity contribution is 5.93. The first kappa shape index (κ1) is 18.5. The highest BCUT2D eigenvalue weighted by Crippen LogP contribution is 2.55. The van der Waals surface area contributed by atoms with Gasteiger partial charge in [0.2, 0.25) is 5.91 Å². The Balaban J connectivity index is 1.09. The van der Waals surface area contributed by atoms with Crippen molar-refractivity contribution >= 4 is 28.7 Å². The summed E-state index contributed by atoms with van der Waals surface area (Å²) in [6.45, 7) is 2.10. The van der Waals surface area contributed by atoms with Gasteiger partial charge in [-0.05, 0) is 74.5 Å². The molecule has 3 amide bonds. The van der Waals surface area contributed by atoms with Crippen molar-refractivity contribution in [3.63, 3.8) is 0 Å². The Bertz CT molecular complexity index is 915. The van der Waals surface area contributed by atoms with E-state index in [1.54, 1.807) is 25.1 Å². The molecule has 154 valence electrons. The standard InChI is InChI=1S/C22H28N4O3/c1-13-24-18-9-17(2-3-19(18)29-13)25-20(27)4-5-23-21(28)26-22-10-14-6-15(11-22)8-16(7-14)12-22/h2-3,9,14-16H,4-8,10-12H2,1H3,(H,25,27)(H2,23,26,28). The number of carbonyl (C=O) groups is 2. The lowest BCUT2D eigenvalue weighted by atomic mass is 9.53. The fourth-order valence-corrected chi connectivity index (χ4v) is 6.18. The van der Waals surface area contributed by atoms with Crippen LogP contribution in [0.3, 0.4) is 0 Å². The van der Waals surface area contributed by atoms with Crippen LogP contribution in [0.1, 0.15) is 50.8 Å². The average molecular weight is 396 g/mol. The number of nitrogens with one attached hydrogen (secondary N) is 3. The van der Waals surface area contributed by atoms with Crippen LogP contribution in [0.2, 0.25) is 0 Å². The Labute approximate surface area is 170 Å². The van der Waals surface area contributed by atoms with E-state index in [2.05, 4.69) is 20.9 Å². The molecule has 2 aromatic rings. The minimum atomic E-state index is -0.140. The Morgan fingerprint density at radius 1 is 1.14 bits per heavy atom. The molecule has 0 unspecified atom stereocenters. The third-order valence-electron chi connectivity index (χ3n) is 6.83. The second-order valence-electron chi connectivity index (χ2n) is 9.29. The number of hydrogen-bond donors (Lipinski definition) is 3. The summed E-state index contributed by atoms with van der Waals surface area (Å²) in [5.41, 5.74) is 2.08. The van der Waals surface area contributed by atoms with Crippen molar-refractivity contribution in [1.82, 2.24) is 15.6 Å². The van der Waals surface area contributed by atoms with Crippen LogP contribution >= 0.6 is 0 Å². The molecule has 0 spiro atoms. The number of benzene rings is 1. The van der Waals surface area contributed by atoms with Crippen LogP contribution in [0, 0.1) is 24.7 Å². The highest BCUT2D eigenvalue weighted by Gasteiger charge is 2.51. The van der Waals surface area contributed by atoms with Crippen molar-refractivity contribution in [2.75, 3.05) is 11.9 Å². The Morgan fingerprint density at radius 3 is 2.52 bits per heavy atom. The molecule has 1 aromatic heterocycles. The third-order valence-corrected chi connectivity index (χ3v) is 6.83. The van der Waals surface area contributed by atoms with E-state index < -0.39 is 0 Å². The van der Waals surface area contributed by atoms with Crippen molar-refractivity contribution in [1.29, 1.82) is 0 Å². The molecular weight excluding hydrogens is 368 g/mol. The van der Waals surface area contributed by atoms with Gasteiger partial charge in [-0.1, -0.05) is 0 Å². The second kappa shape index (κ2) is 7.04. The van der Waals surface area contributed by atoms with E-state index in [9.17, 15) is 9.59 Å². The largest absolute Gasteiger partial charge is 0.441 e. The van der Waals surface area contributed by atoms with Gasteiger partial charge in [-0.2, -0.15) is 0 Å². The SMILES string of the molecule is Cc1nc2cc(NC(=O)CCNC(=O)NC34CC5CC(CC(C5)C3)C4)ccc2o1. The van der Waals surface area contributed by atoms with E-state index in [1.807, 2.05) is 0 Å². The zero-order valence-electron chi connectivity index (χ0n) is 16.8. The molecular formula is C22H28N4O3. The van der Waals surface area contributed by atoms with Crippen molar-refractivity contribution in [2.45, 2.75) is 57.4 Å². The van der Waals surface area contributed by atoms with Crippen LogP contribution in [-0.2, 0) is 4.79 Å². The number of rotatable bonds is 5. The number of nitrogens with zero attached hydrogens (tertiary/aromatic N) is 1. The maximum Gasteiger partial charge on any atom is 0.315 e. The third kappa shape index (κ3) is 3.82. The van der Waals surface area contributed by atoms with E-state index in [0.29, 0.717) is 29.2 Å². The molecule has 6 rings (SSSR count). The van der Waals surface area contributed by atoms with E-state index in [4.69, 9.17) is 4.42 Å². The number of oxazole rings is 1. The van der Waals surface area contributed by atoms with E-state index in [1.165, 1.54) is 19.3 Å². The number of fused-ring (bicyclic) bond motifs is 1. The Kier molecular flexibility index (Phi) is 4.48. The maximum absolute atomic E-state index is 12.4. The van der Waals surface area contributed by atoms with Crippen LogP contribution in [0.15, 0.2) is 22.6 Å². The number of amides is 3. The van der Waals surface area contributed by atoms with Gasteiger partial charge in [0.25, 0.3) is 0 Å². The van der Waals surface area contributed by atoms with Gasteiger partial charge >= 0.3 is 6.03 Å². The van der Waals surface area contributed by atoms with Crippen LogP contribution in [0.5, 0.6) is 0 Å². The smallest absolute Gasteiger partial charge is 0.315 e. The molecule has 0 radical (unpaired) electrons. The molecule has 1 aromatic carbocycles. The predicted molar refractivity (Wildman–Crippen MR) is 109 cm³/mol. The number of carbonyl (C=O) groups excluding carboxylic acids is 2. The Hall–Kier alpha value is -2.57. The minimum Gasteiger partial charge on any atom is -0.441 e. The lowest BCUT2D eigenvalue weighted by molar-refractivity contribution is -0.116. The summed E-state index contributed by atoms with van der Waals surface area (Å²) < 4.78 is 5.44. The molecule has 0 saturated heterocycles. The predicted octanol–water partition coefficient (Wildman–Crippen LogP) is 3.73. The molecule has 0 atom stereocenters. The van der Waals surface area contributed by atoms with Crippen molar-refractivity contribution in [3.05, 3.63) is 24.1 Å². The molecule has 4 bridgehead atoms. The number of urea groups is 1. The summed E-state index contributed by atoms with van der Waals surface area (Å²) in [7, 11) is 0. The maximum atomic E-state index is 12.4. The van der Waals surface area contributed by atoms with Gasteiger partial charge in [0.05, 0.1) is 0 Å². The van der Waals surface area contributed by atoms with Crippen LogP contribution < -0.4 is 16.0 Å². The molecule has 4 saturated carbocycles. The summed E-state index contributed by atoms with van der Waals surface area (Å²) in [5.74, 6) is 2.83. The Morgan fingerprint density at radius 2 is 1.83 bits per heavy atom. The van der Waals surface area contributed by atoms with Gasteiger partial charge in [0.1, 0.15) is 5.52 Å². The lowest BCUT2D eigenvalue weighted by Crippen LogP contribution is -2.61. The van der Waals surface area contributed by atoms with E-state index >= 15 is 0 Å². The number of aryl methyl sites for hydroxylation is 1. The summed E-state index contributed by atoms with van der Waals surface area (Å²) in [6.07, 6.45) is 7.64. The molecule has 0 aliphatic heterocycles. The molecule has 7 nitrogen and oxygen atoms in total. The summed E-state index contributed by atoms with van der Waals surface area (Å²) in [6, 6.07) is 5.23. The number of hydrogen-bond acceptors (Lipinski definition) is 4. The van der Waals surface area contributed by atoms with Crippen molar-refractivity contribution in [3.8, 4) is 0 Å². The molecule has 29 heavy (non-hydrogen) atoms. The number of aromatic nitrogens is 1. The van der Waals surface area contributed by atoms with Gasteiger partial charge < -0.3 is 20.4 Å². The zero-order valence-corrected chi connectivity index (χ0v) is 16.8. The molecule has 4 aliphatic rings. The second-order valence-corrected chi connectivity index (χ2v) is 9.29. The van der Waals surface area contributed by atoms with Gasteiger partial charge in [0.15, 0.2) is 11.5 Å². The van der Waals surface area contributed by atoms with Crippen LogP contribution in [-0.4, -0.2) is 29.0 Å². The molecule has 1 heterocycles. The molecule has 7 heteroatoms. The molecule has 4 aliphatic carbocycles. The topological polar surface area (TPSA) is 96.3 Å². The average Bonchev–Trinajstić information content (AvgIpc) is 2.99.